The number of carbonyl (C=O) groups excluding carboxylic acids is 1. The van der Waals surface area contributed by atoms with E-state index in [9.17, 15) is 4.79 Å². The van der Waals surface area contributed by atoms with Crippen molar-refractivity contribution in [3.8, 4) is 0 Å². The van der Waals surface area contributed by atoms with Crippen LogP contribution < -0.4 is 5.32 Å². The fourth-order valence-corrected chi connectivity index (χ4v) is 1.63. The smallest absolute Gasteiger partial charge is 0.257 e. The van der Waals surface area contributed by atoms with Crippen LogP contribution in [-0.4, -0.2) is 20.9 Å². The minimum atomic E-state index is -0.226. The highest BCUT2D eigenvalue weighted by Gasteiger charge is 2.07. The first-order chi connectivity index (χ1) is 8.83. The largest absolute Gasteiger partial charge is 0.346 e. The number of H-pyrrole nitrogens is 1. The average molecular weight is 237 g/mol. The van der Waals surface area contributed by atoms with Gasteiger partial charge in [-0.05, 0) is 18.2 Å². The standard InChI is InChI=1S/C13H9N4O/c18-13(10-2-1-4-14-7-10)17-11-6-9-3-5-15-12(9)16-8-11/h1-5,7-8H,(H,15,16)(H,17,18). The maximum atomic E-state index is 11.9. The van der Waals surface area contributed by atoms with Crippen LogP contribution in [0.4, 0.5) is 5.69 Å². The molecule has 0 aliphatic heterocycles. The van der Waals surface area contributed by atoms with Crippen molar-refractivity contribution >= 4 is 22.6 Å². The van der Waals surface area contributed by atoms with Gasteiger partial charge in [-0.25, -0.2) is 4.98 Å². The van der Waals surface area contributed by atoms with E-state index in [1.807, 2.05) is 6.07 Å². The van der Waals surface area contributed by atoms with Gasteiger partial charge in [0.25, 0.3) is 5.91 Å². The third kappa shape index (κ3) is 1.93. The van der Waals surface area contributed by atoms with E-state index in [0.717, 1.165) is 11.0 Å². The number of rotatable bonds is 2. The predicted octanol–water partition coefficient (Wildman–Crippen LogP) is 2.01. The molecule has 18 heavy (non-hydrogen) atoms. The minimum absolute atomic E-state index is 0.226. The Balaban J connectivity index is 1.86. The number of aromatic amines is 1. The molecule has 0 saturated carbocycles. The van der Waals surface area contributed by atoms with Crippen molar-refractivity contribution in [2.45, 2.75) is 0 Å². The van der Waals surface area contributed by atoms with Crippen LogP contribution in [0.3, 0.4) is 0 Å². The number of anilines is 1. The van der Waals surface area contributed by atoms with Gasteiger partial charge in [0.05, 0.1) is 17.4 Å². The molecule has 2 N–H and O–H groups in total. The molecule has 0 spiro atoms. The van der Waals surface area contributed by atoms with E-state index in [4.69, 9.17) is 0 Å². The van der Waals surface area contributed by atoms with Gasteiger partial charge >= 0.3 is 0 Å². The van der Waals surface area contributed by atoms with E-state index >= 15 is 0 Å². The maximum Gasteiger partial charge on any atom is 0.257 e. The van der Waals surface area contributed by atoms with Crippen molar-refractivity contribution < 1.29 is 4.79 Å². The zero-order valence-electron chi connectivity index (χ0n) is 9.34. The molecule has 3 aromatic heterocycles. The van der Waals surface area contributed by atoms with Crippen LogP contribution in [0.1, 0.15) is 10.4 Å². The molecule has 0 saturated heterocycles. The van der Waals surface area contributed by atoms with E-state index in [0.29, 0.717) is 11.3 Å². The van der Waals surface area contributed by atoms with E-state index in [2.05, 4.69) is 26.3 Å². The molecule has 1 radical (unpaired) electrons. The maximum absolute atomic E-state index is 11.9. The van der Waals surface area contributed by atoms with Crippen LogP contribution in [0.25, 0.3) is 11.0 Å². The van der Waals surface area contributed by atoms with E-state index < -0.39 is 0 Å². The first-order valence-corrected chi connectivity index (χ1v) is 5.40. The third-order valence-corrected chi connectivity index (χ3v) is 2.49. The van der Waals surface area contributed by atoms with Gasteiger partial charge in [-0.1, -0.05) is 0 Å². The number of hydrogen-bond acceptors (Lipinski definition) is 3. The van der Waals surface area contributed by atoms with Gasteiger partial charge in [0.1, 0.15) is 5.65 Å². The van der Waals surface area contributed by atoms with E-state index in [1.165, 1.54) is 6.20 Å². The lowest BCUT2D eigenvalue weighted by Crippen LogP contribution is -2.12. The van der Waals surface area contributed by atoms with Gasteiger partial charge in [-0.3, -0.25) is 9.78 Å². The van der Waals surface area contributed by atoms with Gasteiger partial charge in [0.2, 0.25) is 0 Å². The van der Waals surface area contributed by atoms with Crippen LogP contribution in [0.2, 0.25) is 0 Å². The molecule has 0 aromatic carbocycles. The molecule has 1 amide bonds. The third-order valence-electron chi connectivity index (χ3n) is 2.49. The Morgan fingerprint density at radius 1 is 1.33 bits per heavy atom. The molecule has 0 atom stereocenters. The summed E-state index contributed by atoms with van der Waals surface area (Å²) >= 11 is 0. The normalized spacial score (nSPS) is 10.4. The summed E-state index contributed by atoms with van der Waals surface area (Å²) in [6, 6.07) is 8.32. The minimum Gasteiger partial charge on any atom is -0.346 e. The number of hydrogen-bond donors (Lipinski definition) is 2. The molecule has 0 aliphatic carbocycles. The predicted molar refractivity (Wildman–Crippen MR) is 67.1 cm³/mol. The zero-order chi connectivity index (χ0) is 12.4. The van der Waals surface area contributed by atoms with Gasteiger partial charge in [0, 0.05) is 30.0 Å². The number of pyridine rings is 2. The van der Waals surface area contributed by atoms with Crippen molar-refractivity contribution in [1.82, 2.24) is 15.0 Å². The Morgan fingerprint density at radius 2 is 2.28 bits per heavy atom. The summed E-state index contributed by atoms with van der Waals surface area (Å²) in [6.45, 7) is 0. The average Bonchev–Trinajstić information content (AvgIpc) is 2.87. The monoisotopic (exact) mass is 237 g/mol. The number of nitrogens with zero attached hydrogens (tertiary/aromatic N) is 2. The van der Waals surface area contributed by atoms with Crippen LogP contribution in [0, 0.1) is 6.07 Å². The second-order valence-electron chi connectivity index (χ2n) is 3.73. The fourth-order valence-electron chi connectivity index (χ4n) is 1.63. The summed E-state index contributed by atoms with van der Waals surface area (Å²) in [7, 11) is 0. The van der Waals surface area contributed by atoms with Gasteiger partial charge in [-0.2, -0.15) is 0 Å². The van der Waals surface area contributed by atoms with Crippen LogP contribution in [0.5, 0.6) is 0 Å². The Bertz CT molecular complexity index is 690. The topological polar surface area (TPSA) is 70.7 Å². The number of amides is 1. The van der Waals surface area contributed by atoms with Crippen molar-refractivity contribution in [3.05, 3.63) is 54.6 Å². The molecule has 0 unspecified atom stereocenters. The SMILES string of the molecule is O=C(Nc1[c]c2cc[nH]c2nc1)c1cccnc1. The van der Waals surface area contributed by atoms with Gasteiger partial charge in [0.15, 0.2) is 0 Å². The quantitative estimate of drug-likeness (QED) is 0.716. The highest BCUT2D eigenvalue weighted by atomic mass is 16.1. The summed E-state index contributed by atoms with van der Waals surface area (Å²) in [4.78, 5) is 22.9. The van der Waals surface area contributed by atoms with Gasteiger partial charge in [-0.15, -0.1) is 0 Å². The molecular formula is C13H9N4O. The summed E-state index contributed by atoms with van der Waals surface area (Å²) in [5.74, 6) is -0.226. The lowest BCUT2D eigenvalue weighted by atomic mass is 10.2. The highest BCUT2D eigenvalue weighted by Crippen LogP contribution is 2.14. The number of fused-ring (bicyclic) bond motifs is 1. The summed E-state index contributed by atoms with van der Waals surface area (Å²) in [5, 5.41) is 3.56. The molecule has 0 fully saturated rings. The van der Waals surface area contributed by atoms with Gasteiger partial charge < -0.3 is 10.3 Å². The lowest BCUT2D eigenvalue weighted by molar-refractivity contribution is 0.102. The Kier molecular flexibility index (Phi) is 2.49. The molecule has 87 valence electrons. The summed E-state index contributed by atoms with van der Waals surface area (Å²) < 4.78 is 0. The van der Waals surface area contributed by atoms with Crippen molar-refractivity contribution in [3.63, 3.8) is 0 Å². The second-order valence-corrected chi connectivity index (χ2v) is 3.73. The molecule has 3 rings (SSSR count). The number of carbonyl (C=O) groups is 1. The first kappa shape index (κ1) is 10.5. The number of nitrogens with one attached hydrogen (secondary N) is 2. The molecule has 0 bridgehead atoms. The highest BCUT2D eigenvalue weighted by molar-refractivity contribution is 6.04. The van der Waals surface area contributed by atoms with Crippen molar-refractivity contribution in [1.29, 1.82) is 0 Å². The van der Waals surface area contributed by atoms with E-state index in [1.54, 1.807) is 30.7 Å². The van der Waals surface area contributed by atoms with Crippen LogP contribution in [0.15, 0.2) is 43.0 Å². The first-order valence-electron chi connectivity index (χ1n) is 5.40. The molecule has 3 aromatic rings. The lowest BCUT2D eigenvalue weighted by Gasteiger charge is -2.03. The second kappa shape index (κ2) is 4.29. The van der Waals surface area contributed by atoms with Crippen LogP contribution in [-0.2, 0) is 0 Å². The van der Waals surface area contributed by atoms with Crippen molar-refractivity contribution in [2.24, 2.45) is 0 Å². The Hall–Kier alpha value is -2.69. The molecule has 5 nitrogen and oxygen atoms in total. The molecular weight excluding hydrogens is 228 g/mol. The Morgan fingerprint density at radius 3 is 3.11 bits per heavy atom. The van der Waals surface area contributed by atoms with E-state index in [-0.39, 0.29) is 5.91 Å². The molecule has 3 heterocycles. The zero-order valence-corrected chi connectivity index (χ0v) is 9.34. The molecule has 5 heteroatoms. The van der Waals surface area contributed by atoms with Crippen LogP contribution >= 0.6 is 0 Å². The fraction of sp³-hybridized carbons (Fsp3) is 0. The molecule has 0 aliphatic rings. The number of aromatic nitrogens is 3. The summed E-state index contributed by atoms with van der Waals surface area (Å²) in [5.41, 5.74) is 1.78. The summed E-state index contributed by atoms with van der Waals surface area (Å²) in [6.07, 6.45) is 6.47. The Labute approximate surface area is 103 Å². The van der Waals surface area contributed by atoms with Crippen molar-refractivity contribution in [2.75, 3.05) is 5.32 Å².